The van der Waals surface area contributed by atoms with E-state index in [-0.39, 0.29) is 5.91 Å². The maximum Gasteiger partial charge on any atom is 0.270 e. The van der Waals surface area contributed by atoms with E-state index in [9.17, 15) is 4.79 Å². The first kappa shape index (κ1) is 16.9. The molecule has 0 saturated heterocycles. The van der Waals surface area contributed by atoms with E-state index >= 15 is 0 Å². The maximum absolute atomic E-state index is 12.4. The normalized spacial score (nSPS) is 10.3. The molecule has 0 saturated carbocycles. The van der Waals surface area contributed by atoms with Crippen LogP contribution in [0.5, 0.6) is 0 Å². The number of nitrogens with one attached hydrogen (secondary N) is 2. The van der Waals surface area contributed by atoms with E-state index in [4.69, 9.17) is 11.6 Å². The van der Waals surface area contributed by atoms with Crippen LogP contribution in [0.4, 0.5) is 11.6 Å². The average molecular weight is 353 g/mol. The zero-order valence-corrected chi connectivity index (χ0v) is 14.4. The van der Waals surface area contributed by atoms with Crippen LogP contribution in [-0.2, 0) is 6.54 Å². The van der Waals surface area contributed by atoms with Gasteiger partial charge in [0.25, 0.3) is 5.91 Å². The third-order valence-corrected chi connectivity index (χ3v) is 3.74. The van der Waals surface area contributed by atoms with Crippen LogP contribution in [0, 0.1) is 6.92 Å². The zero-order valence-electron chi connectivity index (χ0n) is 13.7. The van der Waals surface area contributed by atoms with Gasteiger partial charge in [-0.1, -0.05) is 41.9 Å². The Labute approximate surface area is 151 Å². The molecule has 5 nitrogen and oxygen atoms in total. The van der Waals surface area contributed by atoms with Gasteiger partial charge in [-0.05, 0) is 42.8 Å². The molecule has 0 bridgehead atoms. The molecule has 0 unspecified atom stereocenters. The Morgan fingerprint density at radius 2 is 1.76 bits per heavy atom. The van der Waals surface area contributed by atoms with E-state index in [0.29, 0.717) is 28.9 Å². The molecule has 0 radical (unpaired) electrons. The lowest BCUT2D eigenvalue weighted by Crippen LogP contribution is -2.24. The first-order valence-corrected chi connectivity index (χ1v) is 8.18. The standard InChI is InChI=1S/C19H17ClN4O/c1-13-11-17(18(25)21-12-14-5-3-2-4-6-14)24-19(22-13)23-16-9-7-15(20)8-10-16/h2-11H,12H2,1H3,(H,21,25)(H,22,23,24). The van der Waals surface area contributed by atoms with E-state index in [2.05, 4.69) is 20.6 Å². The number of rotatable bonds is 5. The lowest BCUT2D eigenvalue weighted by atomic mass is 10.2. The lowest BCUT2D eigenvalue weighted by molar-refractivity contribution is 0.0945. The third-order valence-electron chi connectivity index (χ3n) is 3.48. The smallest absolute Gasteiger partial charge is 0.270 e. The Hall–Kier alpha value is -2.92. The second kappa shape index (κ2) is 7.77. The highest BCUT2D eigenvalue weighted by molar-refractivity contribution is 6.30. The van der Waals surface area contributed by atoms with Crippen molar-refractivity contribution in [3.63, 3.8) is 0 Å². The second-order valence-electron chi connectivity index (χ2n) is 5.52. The van der Waals surface area contributed by atoms with Gasteiger partial charge in [0.05, 0.1) is 0 Å². The number of carbonyl (C=O) groups is 1. The highest BCUT2D eigenvalue weighted by atomic mass is 35.5. The number of carbonyl (C=O) groups excluding carboxylic acids is 1. The molecule has 0 aliphatic rings. The van der Waals surface area contributed by atoms with Crippen molar-refractivity contribution in [3.8, 4) is 0 Å². The number of aromatic nitrogens is 2. The summed E-state index contributed by atoms with van der Waals surface area (Å²) in [5.74, 6) is 0.126. The molecule has 0 atom stereocenters. The summed E-state index contributed by atoms with van der Waals surface area (Å²) < 4.78 is 0. The highest BCUT2D eigenvalue weighted by Gasteiger charge is 2.10. The Kier molecular flexibility index (Phi) is 5.26. The summed E-state index contributed by atoms with van der Waals surface area (Å²) in [5, 5.41) is 6.60. The SMILES string of the molecule is Cc1cc(C(=O)NCc2ccccc2)nc(Nc2ccc(Cl)cc2)n1. The topological polar surface area (TPSA) is 66.9 Å². The van der Waals surface area contributed by atoms with Gasteiger partial charge in [0.2, 0.25) is 5.95 Å². The van der Waals surface area contributed by atoms with Crippen molar-refractivity contribution >= 4 is 29.1 Å². The first-order chi connectivity index (χ1) is 12.1. The van der Waals surface area contributed by atoms with Crippen molar-refractivity contribution in [2.24, 2.45) is 0 Å². The molecule has 126 valence electrons. The maximum atomic E-state index is 12.4. The monoisotopic (exact) mass is 352 g/mol. The number of hydrogen-bond donors (Lipinski definition) is 2. The fourth-order valence-corrected chi connectivity index (χ4v) is 2.40. The van der Waals surface area contributed by atoms with Crippen molar-refractivity contribution in [2.45, 2.75) is 13.5 Å². The molecule has 0 spiro atoms. The summed E-state index contributed by atoms with van der Waals surface area (Å²) in [6.07, 6.45) is 0. The number of anilines is 2. The van der Waals surface area contributed by atoms with Gasteiger partial charge >= 0.3 is 0 Å². The molecule has 3 rings (SSSR count). The molecule has 0 aliphatic carbocycles. The number of amides is 1. The summed E-state index contributed by atoms with van der Waals surface area (Å²) in [6, 6.07) is 18.6. The van der Waals surface area contributed by atoms with Crippen LogP contribution < -0.4 is 10.6 Å². The fraction of sp³-hybridized carbons (Fsp3) is 0.105. The van der Waals surface area contributed by atoms with Crippen molar-refractivity contribution in [3.05, 3.63) is 82.6 Å². The minimum atomic E-state index is -0.242. The number of benzene rings is 2. The predicted molar refractivity (Wildman–Crippen MR) is 99.1 cm³/mol. The van der Waals surface area contributed by atoms with Crippen molar-refractivity contribution in [1.29, 1.82) is 0 Å². The zero-order chi connectivity index (χ0) is 17.6. The molecule has 1 heterocycles. The van der Waals surface area contributed by atoms with Crippen molar-refractivity contribution in [2.75, 3.05) is 5.32 Å². The van der Waals surface area contributed by atoms with Crippen LogP contribution in [0.3, 0.4) is 0 Å². The predicted octanol–water partition coefficient (Wildman–Crippen LogP) is 4.11. The van der Waals surface area contributed by atoms with Gasteiger partial charge in [-0.3, -0.25) is 4.79 Å². The molecule has 1 amide bonds. The summed E-state index contributed by atoms with van der Waals surface area (Å²) in [5.41, 5.74) is 2.85. The van der Waals surface area contributed by atoms with Crippen molar-refractivity contribution < 1.29 is 4.79 Å². The largest absolute Gasteiger partial charge is 0.347 e. The molecule has 0 fully saturated rings. The number of aryl methyl sites for hydroxylation is 1. The molecule has 0 aliphatic heterocycles. The molecular weight excluding hydrogens is 336 g/mol. The first-order valence-electron chi connectivity index (χ1n) is 7.80. The lowest BCUT2D eigenvalue weighted by Gasteiger charge is -2.09. The van der Waals surface area contributed by atoms with Crippen LogP contribution >= 0.6 is 11.6 Å². The van der Waals surface area contributed by atoms with E-state index in [0.717, 1.165) is 11.3 Å². The minimum absolute atomic E-state index is 0.242. The Balaban J connectivity index is 1.72. The molecule has 6 heteroatoms. The molecule has 3 aromatic rings. The van der Waals surface area contributed by atoms with Gasteiger partial charge in [-0.15, -0.1) is 0 Å². The van der Waals surface area contributed by atoms with Crippen LogP contribution in [-0.4, -0.2) is 15.9 Å². The van der Waals surface area contributed by atoms with E-state index < -0.39 is 0 Å². The summed E-state index contributed by atoms with van der Waals surface area (Å²) in [7, 11) is 0. The Bertz CT molecular complexity index is 866. The highest BCUT2D eigenvalue weighted by Crippen LogP contribution is 2.17. The number of nitrogens with zero attached hydrogens (tertiary/aromatic N) is 2. The van der Waals surface area contributed by atoms with E-state index in [1.54, 1.807) is 18.2 Å². The Morgan fingerprint density at radius 1 is 1.04 bits per heavy atom. The van der Waals surface area contributed by atoms with Crippen LogP contribution in [0.1, 0.15) is 21.7 Å². The second-order valence-corrected chi connectivity index (χ2v) is 5.95. The van der Waals surface area contributed by atoms with E-state index in [1.807, 2.05) is 49.4 Å². The summed E-state index contributed by atoms with van der Waals surface area (Å²) in [4.78, 5) is 21.0. The molecule has 2 aromatic carbocycles. The third kappa shape index (κ3) is 4.78. The Morgan fingerprint density at radius 3 is 2.48 bits per heavy atom. The fourth-order valence-electron chi connectivity index (χ4n) is 2.27. The van der Waals surface area contributed by atoms with Crippen LogP contribution in [0.2, 0.25) is 5.02 Å². The quantitative estimate of drug-likeness (QED) is 0.725. The molecule has 25 heavy (non-hydrogen) atoms. The summed E-state index contributed by atoms with van der Waals surface area (Å²) in [6.45, 7) is 2.27. The number of halogens is 1. The van der Waals surface area contributed by atoms with Crippen LogP contribution in [0.25, 0.3) is 0 Å². The number of hydrogen-bond acceptors (Lipinski definition) is 4. The van der Waals surface area contributed by atoms with Gasteiger partial charge < -0.3 is 10.6 Å². The van der Waals surface area contributed by atoms with Crippen LogP contribution in [0.15, 0.2) is 60.7 Å². The van der Waals surface area contributed by atoms with Gasteiger partial charge in [0.15, 0.2) is 0 Å². The molecule has 2 N–H and O–H groups in total. The molecule has 1 aromatic heterocycles. The average Bonchev–Trinajstić information content (AvgIpc) is 2.62. The van der Waals surface area contributed by atoms with E-state index in [1.165, 1.54) is 0 Å². The summed E-state index contributed by atoms with van der Waals surface area (Å²) >= 11 is 5.88. The van der Waals surface area contributed by atoms with Gasteiger partial charge in [0, 0.05) is 22.9 Å². The van der Waals surface area contributed by atoms with Crippen molar-refractivity contribution in [1.82, 2.24) is 15.3 Å². The van der Waals surface area contributed by atoms with Gasteiger partial charge in [0.1, 0.15) is 5.69 Å². The molecular formula is C19H17ClN4O. The minimum Gasteiger partial charge on any atom is -0.347 e. The van der Waals surface area contributed by atoms with Gasteiger partial charge in [-0.25, -0.2) is 9.97 Å². The van der Waals surface area contributed by atoms with Gasteiger partial charge in [-0.2, -0.15) is 0 Å².